The first-order chi connectivity index (χ1) is 15.1. The normalized spacial score (nSPS) is 16.1. The topological polar surface area (TPSA) is 97.1 Å². The number of pyridine rings is 1. The van der Waals surface area contributed by atoms with Gasteiger partial charge in [0.25, 0.3) is 5.91 Å². The predicted molar refractivity (Wildman–Crippen MR) is 120 cm³/mol. The maximum Gasteiger partial charge on any atom is 0.255 e. The van der Waals surface area contributed by atoms with Crippen LogP contribution in [0.3, 0.4) is 0 Å². The van der Waals surface area contributed by atoms with Crippen molar-refractivity contribution in [2.45, 2.75) is 37.8 Å². The summed E-state index contributed by atoms with van der Waals surface area (Å²) in [5.74, 6) is -0.270. The standard InChI is InChI=1S/C25H26N4O2/c26-22(16-24(30)29-23-7-3-5-17-4-1-2-6-21(17)23)18-8-10-19(11-9-18)25(31)28-20-12-14-27-15-13-20/h1-2,4,6,8-15,22-23H,3,5,7,16,26H2,(H,29,30)(H,27,28,31). The molecule has 31 heavy (non-hydrogen) atoms. The van der Waals surface area contributed by atoms with Gasteiger partial charge in [0.05, 0.1) is 6.04 Å². The molecule has 158 valence electrons. The number of nitrogens with one attached hydrogen (secondary N) is 2. The zero-order valence-corrected chi connectivity index (χ0v) is 17.3. The highest BCUT2D eigenvalue weighted by molar-refractivity contribution is 6.04. The molecule has 2 atom stereocenters. The predicted octanol–water partition coefficient (Wildman–Crippen LogP) is 3.92. The van der Waals surface area contributed by atoms with Crippen LogP contribution in [0.4, 0.5) is 5.69 Å². The Bertz CT molecular complexity index is 1050. The van der Waals surface area contributed by atoms with Crippen LogP contribution in [0.2, 0.25) is 0 Å². The minimum atomic E-state index is -0.434. The fourth-order valence-electron chi connectivity index (χ4n) is 3.99. The van der Waals surface area contributed by atoms with Crippen LogP contribution in [0.15, 0.2) is 73.1 Å². The van der Waals surface area contributed by atoms with Crippen molar-refractivity contribution in [3.05, 3.63) is 95.3 Å². The summed E-state index contributed by atoms with van der Waals surface area (Å²) in [6.45, 7) is 0. The Labute approximate surface area is 181 Å². The number of fused-ring (bicyclic) bond motifs is 1. The van der Waals surface area contributed by atoms with Crippen molar-refractivity contribution in [1.82, 2.24) is 10.3 Å². The molecule has 6 nitrogen and oxygen atoms in total. The third-order valence-corrected chi connectivity index (χ3v) is 5.65. The van der Waals surface area contributed by atoms with Gasteiger partial charge in [0.2, 0.25) is 5.91 Å². The Morgan fingerprint density at radius 1 is 1.03 bits per heavy atom. The molecule has 0 bridgehead atoms. The third-order valence-electron chi connectivity index (χ3n) is 5.65. The first kappa shape index (κ1) is 20.8. The summed E-state index contributed by atoms with van der Waals surface area (Å²) in [4.78, 5) is 28.9. The van der Waals surface area contributed by atoms with Crippen LogP contribution in [-0.4, -0.2) is 16.8 Å². The van der Waals surface area contributed by atoms with E-state index in [0.29, 0.717) is 11.3 Å². The number of nitrogens with zero attached hydrogens (tertiary/aromatic N) is 1. The van der Waals surface area contributed by atoms with Crippen molar-refractivity contribution in [1.29, 1.82) is 0 Å². The van der Waals surface area contributed by atoms with Crippen molar-refractivity contribution >= 4 is 17.5 Å². The molecule has 0 spiro atoms. The molecule has 0 radical (unpaired) electrons. The van der Waals surface area contributed by atoms with Crippen LogP contribution in [0, 0.1) is 0 Å². The number of amides is 2. The highest BCUT2D eigenvalue weighted by Gasteiger charge is 2.22. The van der Waals surface area contributed by atoms with Crippen molar-refractivity contribution < 1.29 is 9.59 Å². The Morgan fingerprint density at radius 3 is 2.55 bits per heavy atom. The number of carbonyl (C=O) groups is 2. The molecule has 1 aromatic heterocycles. The van der Waals surface area contributed by atoms with Crippen molar-refractivity contribution in [2.75, 3.05) is 5.32 Å². The quantitative estimate of drug-likeness (QED) is 0.569. The average molecular weight is 415 g/mol. The van der Waals surface area contributed by atoms with Crippen LogP contribution >= 0.6 is 0 Å². The molecule has 2 amide bonds. The number of hydrogen-bond donors (Lipinski definition) is 3. The molecule has 6 heteroatoms. The molecule has 0 fully saturated rings. The molecule has 0 aliphatic heterocycles. The SMILES string of the molecule is NC(CC(=O)NC1CCCc2ccccc21)c1ccc(C(=O)Nc2ccncc2)cc1. The Kier molecular flexibility index (Phi) is 6.38. The van der Waals surface area contributed by atoms with Crippen LogP contribution in [-0.2, 0) is 11.2 Å². The van der Waals surface area contributed by atoms with Gasteiger partial charge in [-0.05, 0) is 60.2 Å². The first-order valence-electron chi connectivity index (χ1n) is 10.5. The molecule has 0 saturated carbocycles. The van der Waals surface area contributed by atoms with Crippen molar-refractivity contribution in [3.63, 3.8) is 0 Å². The summed E-state index contributed by atoms with van der Waals surface area (Å²) < 4.78 is 0. The fourth-order valence-corrected chi connectivity index (χ4v) is 3.99. The van der Waals surface area contributed by atoms with Crippen LogP contribution in [0.5, 0.6) is 0 Å². The minimum Gasteiger partial charge on any atom is -0.349 e. The van der Waals surface area contributed by atoms with Gasteiger partial charge < -0.3 is 16.4 Å². The van der Waals surface area contributed by atoms with Crippen LogP contribution in [0.1, 0.15) is 58.4 Å². The van der Waals surface area contributed by atoms with Gasteiger partial charge in [-0.15, -0.1) is 0 Å². The van der Waals surface area contributed by atoms with Crippen LogP contribution in [0.25, 0.3) is 0 Å². The number of rotatable bonds is 6. The van der Waals surface area contributed by atoms with Gasteiger partial charge in [-0.1, -0.05) is 36.4 Å². The Balaban J connectivity index is 1.34. The van der Waals surface area contributed by atoms with E-state index >= 15 is 0 Å². The summed E-state index contributed by atoms with van der Waals surface area (Å²) in [6, 6.07) is 18.4. The number of nitrogens with two attached hydrogens (primary N) is 1. The summed E-state index contributed by atoms with van der Waals surface area (Å²) in [7, 11) is 0. The van der Waals surface area contributed by atoms with Gasteiger partial charge in [0, 0.05) is 36.1 Å². The van der Waals surface area contributed by atoms with Gasteiger partial charge in [0.1, 0.15) is 0 Å². The average Bonchev–Trinajstić information content (AvgIpc) is 2.80. The lowest BCUT2D eigenvalue weighted by Crippen LogP contribution is -2.33. The van der Waals surface area contributed by atoms with E-state index in [-0.39, 0.29) is 24.3 Å². The van der Waals surface area contributed by atoms with E-state index in [9.17, 15) is 9.59 Å². The van der Waals surface area contributed by atoms with Crippen molar-refractivity contribution in [3.8, 4) is 0 Å². The third kappa shape index (κ3) is 5.16. The van der Waals surface area contributed by atoms with E-state index in [2.05, 4.69) is 27.8 Å². The summed E-state index contributed by atoms with van der Waals surface area (Å²) in [5.41, 5.74) is 10.8. The second-order valence-electron chi connectivity index (χ2n) is 7.83. The van der Waals surface area contributed by atoms with Gasteiger partial charge in [0.15, 0.2) is 0 Å². The van der Waals surface area contributed by atoms with Gasteiger partial charge in [-0.25, -0.2) is 0 Å². The zero-order chi connectivity index (χ0) is 21.6. The lowest BCUT2D eigenvalue weighted by Gasteiger charge is -2.27. The number of aromatic nitrogens is 1. The lowest BCUT2D eigenvalue weighted by molar-refractivity contribution is -0.122. The second-order valence-corrected chi connectivity index (χ2v) is 7.83. The summed E-state index contributed by atoms with van der Waals surface area (Å²) in [6.07, 6.45) is 6.50. The maximum absolute atomic E-state index is 12.6. The van der Waals surface area contributed by atoms with E-state index in [1.165, 1.54) is 11.1 Å². The van der Waals surface area contributed by atoms with Crippen molar-refractivity contribution in [2.24, 2.45) is 5.73 Å². The fraction of sp³-hybridized carbons (Fsp3) is 0.240. The lowest BCUT2D eigenvalue weighted by atomic mass is 9.87. The smallest absolute Gasteiger partial charge is 0.255 e. The molecular formula is C25H26N4O2. The molecule has 4 rings (SSSR count). The van der Waals surface area contributed by atoms with Gasteiger partial charge in [-0.3, -0.25) is 14.6 Å². The Hall–Kier alpha value is -3.51. The maximum atomic E-state index is 12.6. The largest absolute Gasteiger partial charge is 0.349 e. The highest BCUT2D eigenvalue weighted by Crippen LogP contribution is 2.29. The minimum absolute atomic E-state index is 0.0453. The second kappa shape index (κ2) is 9.53. The number of benzene rings is 2. The molecule has 2 aromatic carbocycles. The summed E-state index contributed by atoms with van der Waals surface area (Å²) in [5, 5.41) is 5.96. The first-order valence-corrected chi connectivity index (χ1v) is 10.5. The molecule has 0 saturated heterocycles. The zero-order valence-electron chi connectivity index (χ0n) is 17.3. The molecule has 3 aromatic rings. The van der Waals surface area contributed by atoms with Crippen LogP contribution < -0.4 is 16.4 Å². The van der Waals surface area contributed by atoms with Gasteiger partial charge in [-0.2, -0.15) is 0 Å². The van der Waals surface area contributed by atoms with E-state index < -0.39 is 6.04 Å². The summed E-state index contributed by atoms with van der Waals surface area (Å²) >= 11 is 0. The van der Waals surface area contributed by atoms with Gasteiger partial charge >= 0.3 is 0 Å². The van der Waals surface area contributed by atoms with E-state index in [1.54, 1.807) is 48.8 Å². The van der Waals surface area contributed by atoms with E-state index in [0.717, 1.165) is 24.8 Å². The Morgan fingerprint density at radius 2 is 1.77 bits per heavy atom. The monoisotopic (exact) mass is 414 g/mol. The number of hydrogen-bond acceptors (Lipinski definition) is 4. The number of carbonyl (C=O) groups excluding carboxylic acids is 2. The van der Waals surface area contributed by atoms with E-state index in [4.69, 9.17) is 5.73 Å². The molecule has 4 N–H and O–H groups in total. The highest BCUT2D eigenvalue weighted by atomic mass is 16.2. The molecule has 1 aliphatic carbocycles. The molecular weight excluding hydrogens is 388 g/mol. The molecule has 1 heterocycles. The number of anilines is 1. The van der Waals surface area contributed by atoms with E-state index in [1.807, 2.05) is 12.1 Å². The molecule has 1 aliphatic rings. The molecule has 2 unspecified atom stereocenters. The number of aryl methyl sites for hydroxylation is 1.